The lowest BCUT2D eigenvalue weighted by Crippen LogP contribution is -2.56. The highest BCUT2D eigenvalue weighted by molar-refractivity contribution is 5.90. The molecule has 1 aliphatic rings. The van der Waals surface area contributed by atoms with Crippen molar-refractivity contribution >= 4 is 18.0 Å². The summed E-state index contributed by atoms with van der Waals surface area (Å²) in [7, 11) is 1.32. The fraction of sp³-hybridized carbons (Fsp3) is 0.591. The van der Waals surface area contributed by atoms with E-state index in [9.17, 15) is 14.4 Å². The number of carbonyl (C=O) groups excluding carboxylic acids is 3. The minimum absolute atomic E-state index is 0.0537. The largest absolute Gasteiger partial charge is 0.467 e. The summed E-state index contributed by atoms with van der Waals surface area (Å²) in [4.78, 5) is 37.4. The van der Waals surface area contributed by atoms with Gasteiger partial charge in [-0.2, -0.15) is 0 Å². The zero-order valence-corrected chi connectivity index (χ0v) is 17.5. The van der Waals surface area contributed by atoms with Crippen LogP contribution in [-0.2, 0) is 25.7 Å². The predicted molar refractivity (Wildman–Crippen MR) is 109 cm³/mol. The highest BCUT2D eigenvalue weighted by Gasteiger charge is 2.34. The molecule has 0 unspecified atom stereocenters. The number of ether oxygens (including phenoxy) is 2. The second-order valence-electron chi connectivity index (χ2n) is 7.84. The van der Waals surface area contributed by atoms with Crippen molar-refractivity contribution < 1.29 is 23.9 Å². The van der Waals surface area contributed by atoms with Crippen LogP contribution in [0, 0.1) is 11.8 Å². The molecule has 0 heterocycles. The molecule has 0 radical (unpaired) electrons. The Hall–Kier alpha value is -2.57. The molecule has 1 aliphatic carbocycles. The summed E-state index contributed by atoms with van der Waals surface area (Å²) >= 11 is 0. The molecule has 1 aromatic rings. The number of carbonyl (C=O) groups is 3. The fourth-order valence-corrected chi connectivity index (χ4v) is 3.63. The van der Waals surface area contributed by atoms with Gasteiger partial charge < -0.3 is 20.1 Å². The van der Waals surface area contributed by atoms with Crippen molar-refractivity contribution in [3.05, 3.63) is 35.9 Å². The van der Waals surface area contributed by atoms with E-state index in [4.69, 9.17) is 9.47 Å². The van der Waals surface area contributed by atoms with Crippen LogP contribution in [0.3, 0.4) is 0 Å². The van der Waals surface area contributed by atoms with Gasteiger partial charge in [0.25, 0.3) is 0 Å². The zero-order valence-electron chi connectivity index (χ0n) is 17.5. The minimum atomic E-state index is -0.811. The van der Waals surface area contributed by atoms with Crippen LogP contribution < -0.4 is 10.6 Å². The van der Waals surface area contributed by atoms with Crippen LogP contribution in [0.1, 0.15) is 51.5 Å². The summed E-state index contributed by atoms with van der Waals surface area (Å²) in [6.45, 7) is 3.77. The van der Waals surface area contributed by atoms with Crippen LogP contribution in [0.15, 0.2) is 30.3 Å². The van der Waals surface area contributed by atoms with Crippen LogP contribution >= 0.6 is 0 Å². The second-order valence-corrected chi connectivity index (χ2v) is 7.84. The van der Waals surface area contributed by atoms with E-state index in [2.05, 4.69) is 10.6 Å². The van der Waals surface area contributed by atoms with Crippen molar-refractivity contribution in [1.82, 2.24) is 10.6 Å². The van der Waals surface area contributed by atoms with E-state index in [-0.39, 0.29) is 18.4 Å². The summed E-state index contributed by atoms with van der Waals surface area (Å²) in [6.07, 6.45) is 4.28. The first-order chi connectivity index (χ1) is 13.9. The number of amides is 2. The topological polar surface area (TPSA) is 93.7 Å². The highest BCUT2D eigenvalue weighted by Crippen LogP contribution is 2.27. The molecule has 29 heavy (non-hydrogen) atoms. The number of hydrogen-bond donors (Lipinski definition) is 2. The molecule has 2 N–H and O–H groups in total. The van der Waals surface area contributed by atoms with E-state index < -0.39 is 30.1 Å². The van der Waals surface area contributed by atoms with E-state index >= 15 is 0 Å². The van der Waals surface area contributed by atoms with Gasteiger partial charge in [-0.1, -0.05) is 63.4 Å². The van der Waals surface area contributed by atoms with Crippen LogP contribution in [0.2, 0.25) is 0 Å². The van der Waals surface area contributed by atoms with Crippen molar-refractivity contribution in [3.63, 3.8) is 0 Å². The lowest BCUT2D eigenvalue weighted by molar-refractivity contribution is -0.147. The molecule has 2 amide bonds. The molecule has 7 nitrogen and oxygen atoms in total. The molecule has 0 saturated heterocycles. The molecule has 2 rings (SSSR count). The molecule has 160 valence electrons. The average molecular weight is 405 g/mol. The van der Waals surface area contributed by atoms with Gasteiger partial charge in [0.2, 0.25) is 5.91 Å². The van der Waals surface area contributed by atoms with Crippen LogP contribution in [0.25, 0.3) is 0 Å². The maximum absolute atomic E-state index is 12.9. The lowest BCUT2D eigenvalue weighted by Gasteiger charge is -2.31. The number of nitrogens with one attached hydrogen (secondary N) is 2. The van der Waals surface area contributed by atoms with Crippen molar-refractivity contribution in [3.8, 4) is 0 Å². The van der Waals surface area contributed by atoms with Gasteiger partial charge in [-0.15, -0.1) is 0 Å². The molecular weight excluding hydrogens is 372 g/mol. The standard InChI is InChI=1S/C22H32N2O5/c1-15(2)18(24-22(27)29-14-16-10-6-4-7-11-16)20(25)23-19(21(26)28-3)17-12-8-5-9-13-17/h4,6-7,10-11,15,17-19H,5,8-9,12-14H2,1-3H3,(H,23,25)(H,24,27)/t18-,19+/m1/s1. The number of methoxy groups -OCH3 is 1. The van der Waals surface area contributed by atoms with Gasteiger partial charge in [-0.05, 0) is 30.2 Å². The van der Waals surface area contributed by atoms with Crippen molar-refractivity contribution in [2.24, 2.45) is 11.8 Å². The van der Waals surface area contributed by atoms with Crippen LogP contribution in [0.4, 0.5) is 4.79 Å². The first kappa shape index (κ1) is 22.7. The third kappa shape index (κ3) is 7.07. The summed E-state index contributed by atoms with van der Waals surface area (Å²) in [6, 6.07) is 7.80. The summed E-state index contributed by atoms with van der Waals surface area (Å²) in [5.41, 5.74) is 0.858. The Labute approximate surface area is 172 Å². The number of rotatable bonds is 8. The Morgan fingerprint density at radius 1 is 1.03 bits per heavy atom. The van der Waals surface area contributed by atoms with Gasteiger partial charge in [0.05, 0.1) is 7.11 Å². The minimum Gasteiger partial charge on any atom is -0.467 e. The van der Waals surface area contributed by atoms with E-state index in [1.54, 1.807) is 0 Å². The number of esters is 1. The van der Waals surface area contributed by atoms with E-state index in [1.165, 1.54) is 7.11 Å². The highest BCUT2D eigenvalue weighted by atomic mass is 16.5. The molecular formula is C22H32N2O5. The van der Waals surface area contributed by atoms with E-state index in [0.717, 1.165) is 37.7 Å². The monoisotopic (exact) mass is 404 g/mol. The van der Waals surface area contributed by atoms with Gasteiger partial charge in [-0.25, -0.2) is 9.59 Å². The first-order valence-corrected chi connectivity index (χ1v) is 10.3. The summed E-state index contributed by atoms with van der Waals surface area (Å²) in [5.74, 6) is -0.973. The smallest absolute Gasteiger partial charge is 0.408 e. The number of benzene rings is 1. The van der Waals surface area contributed by atoms with Gasteiger partial charge in [-0.3, -0.25) is 4.79 Å². The number of hydrogen-bond acceptors (Lipinski definition) is 5. The molecule has 7 heteroatoms. The average Bonchev–Trinajstić information content (AvgIpc) is 2.74. The summed E-state index contributed by atoms with van der Waals surface area (Å²) < 4.78 is 10.1. The normalized spacial score (nSPS) is 16.6. The van der Waals surface area contributed by atoms with Crippen molar-refractivity contribution in [1.29, 1.82) is 0 Å². The van der Waals surface area contributed by atoms with E-state index in [0.29, 0.717) is 0 Å². The van der Waals surface area contributed by atoms with Crippen LogP contribution in [-0.4, -0.2) is 37.2 Å². The third-order valence-electron chi connectivity index (χ3n) is 5.31. The van der Waals surface area contributed by atoms with Crippen molar-refractivity contribution in [2.75, 3.05) is 7.11 Å². The van der Waals surface area contributed by atoms with Crippen molar-refractivity contribution in [2.45, 2.75) is 64.6 Å². The molecule has 2 atom stereocenters. The summed E-state index contributed by atoms with van der Waals surface area (Å²) in [5, 5.41) is 5.44. The van der Waals surface area contributed by atoms with Gasteiger partial charge in [0, 0.05) is 0 Å². The quantitative estimate of drug-likeness (QED) is 0.649. The second kappa shape index (κ2) is 11.4. The lowest BCUT2D eigenvalue weighted by atomic mass is 9.83. The molecule has 1 aromatic carbocycles. The Morgan fingerprint density at radius 3 is 2.28 bits per heavy atom. The van der Waals surface area contributed by atoms with Gasteiger partial charge >= 0.3 is 12.1 Å². The Morgan fingerprint density at radius 2 is 1.69 bits per heavy atom. The Balaban J connectivity index is 1.97. The molecule has 0 aliphatic heterocycles. The van der Waals surface area contributed by atoms with Gasteiger partial charge in [0.15, 0.2) is 0 Å². The molecule has 0 aromatic heterocycles. The van der Waals surface area contributed by atoms with Gasteiger partial charge in [0.1, 0.15) is 18.7 Å². The zero-order chi connectivity index (χ0) is 21.2. The number of alkyl carbamates (subject to hydrolysis) is 1. The molecule has 0 spiro atoms. The maximum atomic E-state index is 12.9. The fourth-order valence-electron chi connectivity index (χ4n) is 3.63. The molecule has 1 saturated carbocycles. The first-order valence-electron chi connectivity index (χ1n) is 10.3. The SMILES string of the molecule is COC(=O)[C@@H](NC(=O)[C@H](NC(=O)OCc1ccccc1)C(C)C)C1CCCCC1. The molecule has 0 bridgehead atoms. The van der Waals surface area contributed by atoms with E-state index in [1.807, 2.05) is 44.2 Å². The Bertz CT molecular complexity index is 671. The predicted octanol–water partition coefficient (Wildman–Crippen LogP) is 3.18. The molecule has 1 fully saturated rings. The Kier molecular flexibility index (Phi) is 8.96. The third-order valence-corrected chi connectivity index (χ3v) is 5.31. The maximum Gasteiger partial charge on any atom is 0.408 e. The van der Waals surface area contributed by atoms with Crippen LogP contribution in [0.5, 0.6) is 0 Å².